The zero-order valence-electron chi connectivity index (χ0n) is 10.5. The van der Waals surface area contributed by atoms with Gasteiger partial charge in [0.15, 0.2) is 0 Å². The fourth-order valence-electron chi connectivity index (χ4n) is 2.32. The molecule has 0 atom stereocenters. The normalized spacial score (nSPS) is 16.9. The second-order valence-electron chi connectivity index (χ2n) is 4.64. The SMILES string of the molecule is Cn1c(N2CCCCCC2)cc(=O)n(C)c1=O. The first kappa shape index (κ1) is 12.0. The van der Waals surface area contributed by atoms with Gasteiger partial charge < -0.3 is 4.90 Å². The minimum absolute atomic E-state index is 0.229. The summed E-state index contributed by atoms with van der Waals surface area (Å²) in [6.07, 6.45) is 4.72. The molecule has 94 valence electrons. The predicted molar refractivity (Wildman–Crippen MR) is 67.6 cm³/mol. The lowest BCUT2D eigenvalue weighted by molar-refractivity contribution is 0.656. The van der Waals surface area contributed by atoms with Gasteiger partial charge in [-0.05, 0) is 12.8 Å². The van der Waals surface area contributed by atoms with Crippen LogP contribution in [0.2, 0.25) is 0 Å². The lowest BCUT2D eigenvalue weighted by Gasteiger charge is -2.24. The molecule has 1 aromatic rings. The summed E-state index contributed by atoms with van der Waals surface area (Å²) in [5.41, 5.74) is -0.482. The standard InChI is InChI=1S/C12H19N3O2/c1-13-10(9-11(16)14(2)12(13)17)15-7-5-3-4-6-8-15/h9H,3-8H2,1-2H3. The maximum absolute atomic E-state index is 11.8. The molecule has 0 saturated carbocycles. The van der Waals surface area contributed by atoms with E-state index in [1.54, 1.807) is 17.7 Å². The van der Waals surface area contributed by atoms with Crippen LogP contribution in [0, 0.1) is 0 Å². The highest BCUT2D eigenvalue weighted by Gasteiger charge is 2.14. The molecule has 1 saturated heterocycles. The molecule has 0 unspecified atom stereocenters. The molecule has 0 bridgehead atoms. The first-order chi connectivity index (χ1) is 8.11. The highest BCUT2D eigenvalue weighted by atomic mass is 16.2. The predicted octanol–water partition coefficient (Wildman–Crippen LogP) is 0.464. The molecule has 17 heavy (non-hydrogen) atoms. The fourth-order valence-corrected chi connectivity index (χ4v) is 2.32. The van der Waals surface area contributed by atoms with Gasteiger partial charge in [-0.2, -0.15) is 0 Å². The van der Waals surface area contributed by atoms with Crippen molar-refractivity contribution in [3.8, 4) is 0 Å². The van der Waals surface area contributed by atoms with Crippen molar-refractivity contribution in [2.45, 2.75) is 25.7 Å². The van der Waals surface area contributed by atoms with E-state index in [2.05, 4.69) is 4.90 Å². The Kier molecular flexibility index (Phi) is 3.36. The minimum atomic E-state index is -0.253. The van der Waals surface area contributed by atoms with E-state index in [0.29, 0.717) is 0 Å². The summed E-state index contributed by atoms with van der Waals surface area (Å²) in [4.78, 5) is 25.7. The molecule has 0 aliphatic carbocycles. The van der Waals surface area contributed by atoms with E-state index in [1.807, 2.05) is 0 Å². The minimum Gasteiger partial charge on any atom is -0.358 e. The van der Waals surface area contributed by atoms with Crippen LogP contribution in [0.4, 0.5) is 5.82 Å². The molecule has 5 heteroatoms. The number of hydrogen-bond acceptors (Lipinski definition) is 3. The Hall–Kier alpha value is -1.52. The molecule has 0 amide bonds. The number of anilines is 1. The van der Waals surface area contributed by atoms with E-state index in [0.717, 1.165) is 36.3 Å². The van der Waals surface area contributed by atoms with Gasteiger partial charge in [0, 0.05) is 33.3 Å². The Labute approximate surface area is 100 Å². The molecule has 1 aliphatic heterocycles. The average molecular weight is 237 g/mol. The van der Waals surface area contributed by atoms with Crippen molar-refractivity contribution < 1.29 is 0 Å². The highest BCUT2D eigenvalue weighted by Crippen LogP contribution is 2.16. The Morgan fingerprint density at radius 3 is 2.12 bits per heavy atom. The summed E-state index contributed by atoms with van der Waals surface area (Å²) in [5, 5.41) is 0. The van der Waals surface area contributed by atoms with Gasteiger partial charge in [0.2, 0.25) is 0 Å². The first-order valence-corrected chi connectivity index (χ1v) is 6.13. The van der Waals surface area contributed by atoms with Crippen LogP contribution in [0.15, 0.2) is 15.7 Å². The second kappa shape index (κ2) is 4.77. The number of aromatic nitrogens is 2. The molecule has 1 aromatic heterocycles. The van der Waals surface area contributed by atoms with Gasteiger partial charge >= 0.3 is 5.69 Å². The van der Waals surface area contributed by atoms with Gasteiger partial charge in [0.1, 0.15) is 5.82 Å². The highest BCUT2D eigenvalue weighted by molar-refractivity contribution is 5.38. The average Bonchev–Trinajstić information content (AvgIpc) is 2.60. The fraction of sp³-hybridized carbons (Fsp3) is 0.667. The molecule has 0 N–H and O–H groups in total. The van der Waals surface area contributed by atoms with Crippen LogP contribution in [0.1, 0.15) is 25.7 Å². The number of nitrogens with zero attached hydrogens (tertiary/aromatic N) is 3. The van der Waals surface area contributed by atoms with Crippen LogP contribution in [0.3, 0.4) is 0 Å². The van der Waals surface area contributed by atoms with Gasteiger partial charge in [-0.15, -0.1) is 0 Å². The van der Waals surface area contributed by atoms with E-state index >= 15 is 0 Å². The monoisotopic (exact) mass is 237 g/mol. The summed E-state index contributed by atoms with van der Waals surface area (Å²) in [6, 6.07) is 1.56. The zero-order chi connectivity index (χ0) is 12.4. The quantitative estimate of drug-likeness (QED) is 0.713. The molecule has 2 rings (SSSR count). The summed E-state index contributed by atoms with van der Waals surface area (Å²) < 4.78 is 2.70. The third-order valence-electron chi connectivity index (χ3n) is 3.43. The zero-order valence-corrected chi connectivity index (χ0v) is 10.5. The topological polar surface area (TPSA) is 47.2 Å². The van der Waals surface area contributed by atoms with Gasteiger partial charge in [-0.3, -0.25) is 13.9 Å². The summed E-state index contributed by atoms with van der Waals surface area (Å²) >= 11 is 0. The molecular weight excluding hydrogens is 218 g/mol. The van der Waals surface area contributed by atoms with E-state index in [-0.39, 0.29) is 11.2 Å². The molecule has 0 radical (unpaired) electrons. The van der Waals surface area contributed by atoms with Gasteiger partial charge in [-0.1, -0.05) is 12.8 Å². The van der Waals surface area contributed by atoms with Crippen molar-refractivity contribution in [1.82, 2.24) is 9.13 Å². The lowest BCUT2D eigenvalue weighted by atomic mass is 10.2. The van der Waals surface area contributed by atoms with E-state index in [9.17, 15) is 9.59 Å². The van der Waals surface area contributed by atoms with Gasteiger partial charge in [0.05, 0.1) is 0 Å². The maximum atomic E-state index is 11.8. The summed E-state index contributed by atoms with van der Waals surface area (Å²) in [5.74, 6) is 0.750. The van der Waals surface area contributed by atoms with Crippen LogP contribution in [0.25, 0.3) is 0 Å². The first-order valence-electron chi connectivity index (χ1n) is 6.13. The number of hydrogen-bond donors (Lipinski definition) is 0. The Morgan fingerprint density at radius 2 is 1.53 bits per heavy atom. The Balaban J connectivity index is 2.44. The van der Waals surface area contributed by atoms with Crippen LogP contribution >= 0.6 is 0 Å². The molecule has 0 spiro atoms. The van der Waals surface area contributed by atoms with E-state index < -0.39 is 0 Å². The van der Waals surface area contributed by atoms with Crippen LogP contribution in [0.5, 0.6) is 0 Å². The van der Waals surface area contributed by atoms with Crippen LogP contribution in [-0.2, 0) is 14.1 Å². The van der Waals surface area contributed by atoms with Crippen LogP contribution in [-0.4, -0.2) is 22.2 Å². The van der Waals surface area contributed by atoms with Crippen molar-refractivity contribution in [3.05, 3.63) is 26.9 Å². The van der Waals surface area contributed by atoms with E-state index in [1.165, 1.54) is 19.9 Å². The molecule has 5 nitrogen and oxygen atoms in total. The van der Waals surface area contributed by atoms with Gasteiger partial charge in [0.25, 0.3) is 5.56 Å². The van der Waals surface area contributed by atoms with Crippen molar-refractivity contribution in [3.63, 3.8) is 0 Å². The Bertz CT molecular complexity index is 507. The molecular formula is C12H19N3O2. The second-order valence-corrected chi connectivity index (χ2v) is 4.64. The maximum Gasteiger partial charge on any atom is 0.332 e. The Morgan fingerprint density at radius 1 is 0.941 bits per heavy atom. The summed E-state index contributed by atoms with van der Waals surface area (Å²) in [6.45, 7) is 1.86. The third kappa shape index (κ3) is 2.28. The van der Waals surface area contributed by atoms with Crippen molar-refractivity contribution in [2.75, 3.05) is 18.0 Å². The largest absolute Gasteiger partial charge is 0.358 e. The molecule has 0 aromatic carbocycles. The summed E-state index contributed by atoms with van der Waals surface area (Å²) in [7, 11) is 3.23. The molecule has 1 aliphatic rings. The lowest BCUT2D eigenvalue weighted by Crippen LogP contribution is -2.40. The van der Waals surface area contributed by atoms with Crippen molar-refractivity contribution in [2.24, 2.45) is 14.1 Å². The van der Waals surface area contributed by atoms with Crippen LogP contribution < -0.4 is 16.1 Å². The van der Waals surface area contributed by atoms with Crippen molar-refractivity contribution in [1.29, 1.82) is 0 Å². The smallest absolute Gasteiger partial charge is 0.332 e. The molecule has 2 heterocycles. The van der Waals surface area contributed by atoms with Gasteiger partial charge in [-0.25, -0.2) is 4.79 Å². The number of rotatable bonds is 1. The molecule has 1 fully saturated rings. The van der Waals surface area contributed by atoms with Crippen molar-refractivity contribution >= 4 is 5.82 Å². The van der Waals surface area contributed by atoms with E-state index in [4.69, 9.17) is 0 Å². The third-order valence-corrected chi connectivity index (χ3v) is 3.43.